The van der Waals surface area contributed by atoms with Crippen LogP contribution < -0.4 is 15.8 Å². The van der Waals surface area contributed by atoms with E-state index >= 15 is 0 Å². The van der Waals surface area contributed by atoms with Crippen molar-refractivity contribution in [3.05, 3.63) is 23.2 Å². The van der Waals surface area contributed by atoms with Gasteiger partial charge in [-0.25, -0.2) is 8.42 Å². The van der Waals surface area contributed by atoms with E-state index in [9.17, 15) is 13.2 Å². The molecule has 0 saturated heterocycles. The predicted octanol–water partition coefficient (Wildman–Crippen LogP) is 0.725. The van der Waals surface area contributed by atoms with Crippen LogP contribution in [0.5, 0.6) is 0 Å². The van der Waals surface area contributed by atoms with Crippen molar-refractivity contribution in [3.8, 4) is 0 Å². The highest BCUT2D eigenvalue weighted by Gasteiger charge is 2.22. The number of nitrogen functional groups attached to an aromatic ring is 1. The van der Waals surface area contributed by atoms with Crippen LogP contribution in [-0.2, 0) is 14.8 Å². The zero-order valence-corrected chi connectivity index (χ0v) is 12.2. The van der Waals surface area contributed by atoms with Gasteiger partial charge in [0.25, 0.3) is 0 Å². The second-order valence-electron chi connectivity index (χ2n) is 3.92. The molecule has 0 radical (unpaired) electrons. The lowest BCUT2D eigenvalue weighted by Crippen LogP contribution is -2.44. The molecule has 0 saturated carbocycles. The number of nitrogens with two attached hydrogens (primary N) is 1. The Hall–Kier alpha value is -1.31. The van der Waals surface area contributed by atoms with Crippen LogP contribution in [0.15, 0.2) is 23.1 Å². The number of amides is 1. The van der Waals surface area contributed by atoms with E-state index in [2.05, 4.69) is 10.0 Å². The fourth-order valence-corrected chi connectivity index (χ4v) is 2.73. The van der Waals surface area contributed by atoms with Crippen molar-refractivity contribution in [2.75, 3.05) is 12.3 Å². The van der Waals surface area contributed by atoms with Crippen LogP contribution in [0.25, 0.3) is 0 Å². The van der Waals surface area contributed by atoms with Gasteiger partial charge in [-0.15, -0.1) is 0 Å². The third-order valence-electron chi connectivity index (χ3n) is 2.35. The van der Waals surface area contributed by atoms with E-state index in [4.69, 9.17) is 17.3 Å². The first kappa shape index (κ1) is 15.7. The molecule has 1 rings (SSSR count). The Bertz CT molecular complexity index is 575. The molecular weight excluding hydrogens is 290 g/mol. The highest BCUT2D eigenvalue weighted by Crippen LogP contribution is 2.22. The third kappa shape index (κ3) is 4.09. The topological polar surface area (TPSA) is 101 Å². The first-order valence-electron chi connectivity index (χ1n) is 5.63. The largest absolute Gasteiger partial charge is 0.397 e. The van der Waals surface area contributed by atoms with Gasteiger partial charge in [0.1, 0.15) is 0 Å². The first-order valence-corrected chi connectivity index (χ1v) is 7.49. The molecule has 6 nitrogen and oxygen atoms in total. The summed E-state index contributed by atoms with van der Waals surface area (Å²) in [6.07, 6.45) is 0. The lowest BCUT2D eigenvalue weighted by Gasteiger charge is -2.14. The van der Waals surface area contributed by atoms with Crippen molar-refractivity contribution in [2.24, 2.45) is 0 Å². The number of carbonyl (C=O) groups is 1. The molecule has 1 atom stereocenters. The summed E-state index contributed by atoms with van der Waals surface area (Å²) in [7, 11) is -3.81. The van der Waals surface area contributed by atoms with Gasteiger partial charge in [-0.3, -0.25) is 4.79 Å². The monoisotopic (exact) mass is 305 g/mol. The van der Waals surface area contributed by atoms with Crippen LogP contribution in [0.1, 0.15) is 13.8 Å². The van der Waals surface area contributed by atoms with Crippen molar-refractivity contribution in [1.82, 2.24) is 10.0 Å². The van der Waals surface area contributed by atoms with Crippen LogP contribution in [0.3, 0.4) is 0 Å². The standard InChI is InChI=1S/C11H16ClN3O3S/c1-3-14-11(16)7(2)15-19(17,18)8-4-5-9(12)10(13)6-8/h4-7,15H,3,13H2,1-2H3,(H,14,16). The van der Waals surface area contributed by atoms with E-state index in [-0.39, 0.29) is 15.6 Å². The average molecular weight is 306 g/mol. The maximum Gasteiger partial charge on any atom is 0.241 e. The molecule has 0 fully saturated rings. The Morgan fingerprint density at radius 1 is 1.47 bits per heavy atom. The van der Waals surface area contributed by atoms with Gasteiger partial charge in [-0.2, -0.15) is 4.72 Å². The minimum Gasteiger partial charge on any atom is -0.397 e. The molecule has 1 amide bonds. The molecule has 0 aliphatic heterocycles. The van der Waals surface area contributed by atoms with E-state index < -0.39 is 22.0 Å². The molecule has 1 aromatic carbocycles. The zero-order chi connectivity index (χ0) is 14.6. The number of sulfonamides is 1. The third-order valence-corrected chi connectivity index (χ3v) is 4.24. The number of carbonyl (C=O) groups excluding carboxylic acids is 1. The number of hydrogen-bond acceptors (Lipinski definition) is 4. The van der Waals surface area contributed by atoms with Crippen LogP contribution in [0.4, 0.5) is 5.69 Å². The van der Waals surface area contributed by atoms with Gasteiger partial charge in [-0.1, -0.05) is 11.6 Å². The van der Waals surface area contributed by atoms with Gasteiger partial charge in [-0.05, 0) is 32.0 Å². The molecule has 8 heteroatoms. The van der Waals surface area contributed by atoms with Gasteiger partial charge >= 0.3 is 0 Å². The van der Waals surface area contributed by atoms with Crippen LogP contribution in [0, 0.1) is 0 Å². The average Bonchev–Trinajstić information content (AvgIpc) is 2.32. The van der Waals surface area contributed by atoms with Gasteiger partial charge in [0.2, 0.25) is 15.9 Å². The van der Waals surface area contributed by atoms with Crippen LogP contribution >= 0.6 is 11.6 Å². The number of halogens is 1. The summed E-state index contributed by atoms with van der Waals surface area (Å²) < 4.78 is 26.3. The van der Waals surface area contributed by atoms with E-state index in [0.717, 1.165) is 0 Å². The molecule has 1 unspecified atom stereocenters. The Balaban J connectivity index is 2.92. The summed E-state index contributed by atoms with van der Waals surface area (Å²) in [6, 6.07) is 3.09. The first-order chi connectivity index (χ1) is 8.77. The lowest BCUT2D eigenvalue weighted by molar-refractivity contribution is -0.122. The lowest BCUT2D eigenvalue weighted by atomic mass is 10.3. The van der Waals surface area contributed by atoms with Crippen molar-refractivity contribution < 1.29 is 13.2 Å². The maximum absolute atomic E-state index is 12.0. The summed E-state index contributed by atoms with van der Waals surface area (Å²) >= 11 is 5.72. The van der Waals surface area contributed by atoms with E-state index in [1.54, 1.807) is 6.92 Å². The number of likely N-dealkylation sites (N-methyl/N-ethyl adjacent to an activating group) is 1. The SMILES string of the molecule is CCNC(=O)C(C)NS(=O)(=O)c1ccc(Cl)c(N)c1. The minimum atomic E-state index is -3.81. The number of nitrogens with one attached hydrogen (secondary N) is 2. The van der Waals surface area contributed by atoms with E-state index in [1.807, 2.05) is 0 Å². The molecule has 0 heterocycles. The quantitative estimate of drug-likeness (QED) is 0.698. The van der Waals surface area contributed by atoms with E-state index in [0.29, 0.717) is 6.54 Å². The van der Waals surface area contributed by atoms with Gasteiger partial charge in [0.15, 0.2) is 0 Å². The number of rotatable bonds is 5. The molecular formula is C11H16ClN3O3S. The molecule has 0 aliphatic rings. The molecule has 0 spiro atoms. The molecule has 0 aliphatic carbocycles. The van der Waals surface area contributed by atoms with Gasteiger partial charge in [0, 0.05) is 6.54 Å². The second-order valence-corrected chi connectivity index (χ2v) is 6.04. The summed E-state index contributed by atoms with van der Waals surface area (Å²) in [6.45, 7) is 3.64. The van der Waals surface area contributed by atoms with Crippen molar-refractivity contribution in [2.45, 2.75) is 24.8 Å². The molecule has 4 N–H and O–H groups in total. The van der Waals surface area contributed by atoms with Crippen LogP contribution in [-0.4, -0.2) is 26.9 Å². The van der Waals surface area contributed by atoms with E-state index in [1.165, 1.54) is 25.1 Å². The summed E-state index contributed by atoms with van der Waals surface area (Å²) in [4.78, 5) is 11.5. The van der Waals surface area contributed by atoms with Crippen molar-refractivity contribution in [1.29, 1.82) is 0 Å². The minimum absolute atomic E-state index is 0.0365. The highest BCUT2D eigenvalue weighted by atomic mass is 35.5. The number of anilines is 1. The van der Waals surface area contributed by atoms with Crippen molar-refractivity contribution >= 4 is 33.2 Å². The second kappa shape index (κ2) is 6.23. The van der Waals surface area contributed by atoms with Crippen LogP contribution in [0.2, 0.25) is 5.02 Å². The Morgan fingerprint density at radius 3 is 2.63 bits per heavy atom. The summed E-state index contributed by atoms with van der Waals surface area (Å²) in [5.41, 5.74) is 5.71. The Labute approximate surface area is 117 Å². The van der Waals surface area contributed by atoms with Gasteiger partial charge < -0.3 is 11.1 Å². The summed E-state index contributed by atoms with van der Waals surface area (Å²) in [5, 5.41) is 2.80. The molecule has 0 bridgehead atoms. The Morgan fingerprint density at radius 2 is 2.11 bits per heavy atom. The smallest absolute Gasteiger partial charge is 0.241 e. The normalized spacial score (nSPS) is 13.0. The number of benzene rings is 1. The molecule has 19 heavy (non-hydrogen) atoms. The van der Waals surface area contributed by atoms with Crippen molar-refractivity contribution in [3.63, 3.8) is 0 Å². The van der Waals surface area contributed by atoms with Gasteiger partial charge in [0.05, 0.1) is 21.6 Å². The number of hydrogen-bond donors (Lipinski definition) is 3. The fraction of sp³-hybridized carbons (Fsp3) is 0.364. The molecule has 106 valence electrons. The maximum atomic E-state index is 12.0. The summed E-state index contributed by atoms with van der Waals surface area (Å²) in [5.74, 6) is -0.395. The zero-order valence-electron chi connectivity index (χ0n) is 10.6. The Kier molecular flexibility index (Phi) is 5.16. The molecule has 1 aromatic rings. The highest BCUT2D eigenvalue weighted by molar-refractivity contribution is 7.89. The predicted molar refractivity (Wildman–Crippen MR) is 74.3 cm³/mol. The molecule has 0 aromatic heterocycles. The fourth-order valence-electron chi connectivity index (χ4n) is 1.37.